The fourth-order valence-electron chi connectivity index (χ4n) is 1.89. The monoisotopic (exact) mass is 289 g/mol. The van der Waals surface area contributed by atoms with E-state index in [9.17, 15) is 0 Å². The quantitative estimate of drug-likeness (QED) is 0.663. The Morgan fingerprint density at radius 3 is 2.95 bits per heavy atom. The lowest BCUT2D eigenvalue weighted by atomic mass is 10.3. The topological polar surface area (TPSA) is 91.4 Å². The molecule has 104 valence electrons. The number of aromatic nitrogens is 5. The molecule has 0 spiro atoms. The van der Waals surface area contributed by atoms with E-state index >= 15 is 0 Å². The van der Waals surface area contributed by atoms with Crippen LogP contribution >= 0.6 is 11.3 Å². The Balaban J connectivity index is 1.74. The van der Waals surface area contributed by atoms with Crippen molar-refractivity contribution in [2.45, 2.75) is 13.3 Å². The summed E-state index contributed by atoms with van der Waals surface area (Å²) in [7, 11) is 1.79. The van der Waals surface area contributed by atoms with Gasteiger partial charge in [0.25, 0.3) is 0 Å². The lowest BCUT2D eigenvalue weighted by Gasteiger charge is -2.07. The third kappa shape index (κ3) is 2.55. The van der Waals surface area contributed by atoms with Crippen LogP contribution in [-0.2, 0) is 6.42 Å². The highest BCUT2D eigenvalue weighted by Crippen LogP contribution is 2.19. The van der Waals surface area contributed by atoms with Gasteiger partial charge in [0.1, 0.15) is 5.82 Å². The van der Waals surface area contributed by atoms with Crippen molar-refractivity contribution < 1.29 is 0 Å². The van der Waals surface area contributed by atoms with Crippen LogP contribution in [0, 0.1) is 6.92 Å². The number of hydrogen-bond acceptors (Lipinski definition) is 7. The first-order valence-electron chi connectivity index (χ1n) is 6.30. The van der Waals surface area contributed by atoms with E-state index in [0.29, 0.717) is 5.95 Å². The molecule has 0 bridgehead atoms. The van der Waals surface area contributed by atoms with Crippen LogP contribution in [0.4, 0.5) is 11.8 Å². The second-order valence-electron chi connectivity index (χ2n) is 4.34. The van der Waals surface area contributed by atoms with E-state index in [1.807, 2.05) is 6.92 Å². The van der Waals surface area contributed by atoms with Gasteiger partial charge in [-0.3, -0.25) is 5.10 Å². The number of rotatable bonds is 5. The maximum atomic E-state index is 4.44. The van der Waals surface area contributed by atoms with Crippen molar-refractivity contribution in [2.75, 3.05) is 24.2 Å². The van der Waals surface area contributed by atoms with Crippen LogP contribution in [-0.4, -0.2) is 38.7 Å². The third-order valence-electron chi connectivity index (χ3n) is 2.83. The molecule has 8 heteroatoms. The maximum Gasteiger partial charge on any atom is 0.226 e. The molecule has 0 aliphatic heterocycles. The number of hydrogen-bond donors (Lipinski definition) is 3. The van der Waals surface area contributed by atoms with E-state index < -0.39 is 0 Å². The Bertz CT molecular complexity index is 717. The molecule has 3 N–H and O–H groups in total. The molecular weight excluding hydrogens is 274 g/mol. The van der Waals surface area contributed by atoms with Gasteiger partial charge in [-0.1, -0.05) is 0 Å². The van der Waals surface area contributed by atoms with Crippen molar-refractivity contribution in [3.8, 4) is 0 Å². The lowest BCUT2D eigenvalue weighted by Crippen LogP contribution is -2.08. The first-order chi connectivity index (χ1) is 9.76. The van der Waals surface area contributed by atoms with Gasteiger partial charge in [0, 0.05) is 31.1 Å². The summed E-state index contributed by atoms with van der Waals surface area (Å²) in [5.41, 5.74) is 1.79. The molecule has 3 aromatic heterocycles. The molecule has 0 radical (unpaired) electrons. The predicted octanol–water partition coefficient (Wildman–Crippen LogP) is 1.81. The molecule has 0 saturated carbocycles. The molecule has 7 nitrogen and oxygen atoms in total. The second kappa shape index (κ2) is 5.41. The van der Waals surface area contributed by atoms with Gasteiger partial charge in [-0.25, -0.2) is 4.98 Å². The Hall–Kier alpha value is -2.22. The van der Waals surface area contributed by atoms with E-state index in [4.69, 9.17) is 0 Å². The van der Waals surface area contributed by atoms with Crippen molar-refractivity contribution in [3.05, 3.63) is 22.3 Å². The molecule has 0 saturated heterocycles. The molecule has 0 amide bonds. The Morgan fingerprint density at radius 1 is 1.30 bits per heavy atom. The normalized spacial score (nSPS) is 10.9. The van der Waals surface area contributed by atoms with Crippen LogP contribution in [0.5, 0.6) is 0 Å². The van der Waals surface area contributed by atoms with Crippen LogP contribution in [0.2, 0.25) is 0 Å². The van der Waals surface area contributed by atoms with E-state index in [-0.39, 0.29) is 0 Å². The number of fused-ring (bicyclic) bond motifs is 1. The van der Waals surface area contributed by atoms with E-state index in [1.54, 1.807) is 24.6 Å². The first-order valence-corrected chi connectivity index (χ1v) is 7.18. The Labute approximate surface area is 119 Å². The molecule has 0 aromatic carbocycles. The van der Waals surface area contributed by atoms with Crippen LogP contribution in [0.1, 0.15) is 10.7 Å². The van der Waals surface area contributed by atoms with Gasteiger partial charge < -0.3 is 10.6 Å². The second-order valence-corrected chi connectivity index (χ2v) is 5.28. The third-order valence-corrected chi connectivity index (χ3v) is 3.86. The van der Waals surface area contributed by atoms with Crippen LogP contribution in [0.15, 0.2) is 11.6 Å². The van der Waals surface area contributed by atoms with Gasteiger partial charge in [-0.2, -0.15) is 15.1 Å². The van der Waals surface area contributed by atoms with Crippen molar-refractivity contribution >= 4 is 34.1 Å². The zero-order valence-corrected chi connectivity index (χ0v) is 12.1. The van der Waals surface area contributed by atoms with Gasteiger partial charge in [0.2, 0.25) is 5.95 Å². The van der Waals surface area contributed by atoms with Gasteiger partial charge in [0.05, 0.1) is 16.6 Å². The van der Waals surface area contributed by atoms with Crippen LogP contribution in [0.25, 0.3) is 11.0 Å². The molecule has 0 aliphatic carbocycles. The van der Waals surface area contributed by atoms with E-state index in [2.05, 4.69) is 41.2 Å². The number of thiazole rings is 1. The van der Waals surface area contributed by atoms with Crippen molar-refractivity contribution in [3.63, 3.8) is 0 Å². The summed E-state index contributed by atoms with van der Waals surface area (Å²) < 4.78 is 0. The number of aryl methyl sites for hydroxylation is 1. The van der Waals surface area contributed by atoms with Crippen LogP contribution < -0.4 is 10.6 Å². The van der Waals surface area contributed by atoms with Crippen molar-refractivity contribution in [1.82, 2.24) is 25.1 Å². The lowest BCUT2D eigenvalue weighted by molar-refractivity contribution is 0.978. The molecular formula is C12H15N7S. The molecule has 3 heterocycles. The maximum absolute atomic E-state index is 4.44. The highest BCUT2D eigenvalue weighted by Gasteiger charge is 2.08. The Morgan fingerprint density at radius 2 is 2.20 bits per heavy atom. The summed E-state index contributed by atoms with van der Waals surface area (Å²) in [6, 6.07) is 0. The van der Waals surface area contributed by atoms with E-state index in [0.717, 1.165) is 40.5 Å². The minimum Gasteiger partial charge on any atom is -0.369 e. The average molecular weight is 289 g/mol. The smallest absolute Gasteiger partial charge is 0.226 e. The predicted molar refractivity (Wildman–Crippen MR) is 80.3 cm³/mol. The van der Waals surface area contributed by atoms with Gasteiger partial charge >= 0.3 is 0 Å². The molecule has 0 atom stereocenters. The fourth-order valence-corrected chi connectivity index (χ4v) is 2.66. The summed E-state index contributed by atoms with van der Waals surface area (Å²) in [4.78, 5) is 13.2. The fraction of sp³-hybridized carbons (Fsp3) is 0.333. The minimum absolute atomic E-state index is 0.564. The van der Waals surface area contributed by atoms with Crippen LogP contribution in [0.3, 0.4) is 0 Å². The molecule has 0 fully saturated rings. The SMILES string of the molecule is CNc1nc(NCCc2nc(C)cs2)c2cn[nH]c2n1. The zero-order valence-electron chi connectivity index (χ0n) is 11.3. The number of H-pyrrole nitrogens is 1. The first kappa shape index (κ1) is 12.8. The molecule has 0 aliphatic rings. The standard InChI is InChI=1S/C12H15N7S/c1-7-6-20-9(16-7)3-4-14-10-8-5-15-19-11(8)18-12(13-2)17-10/h5-6H,3-4H2,1-2H3,(H3,13,14,15,17,18,19). The van der Waals surface area contributed by atoms with Crippen molar-refractivity contribution in [1.29, 1.82) is 0 Å². The van der Waals surface area contributed by atoms with E-state index in [1.165, 1.54) is 0 Å². The minimum atomic E-state index is 0.564. The van der Waals surface area contributed by atoms with Gasteiger partial charge in [-0.15, -0.1) is 11.3 Å². The molecule has 3 aromatic rings. The van der Waals surface area contributed by atoms with Gasteiger partial charge in [0.15, 0.2) is 5.65 Å². The summed E-state index contributed by atoms with van der Waals surface area (Å²) in [6.45, 7) is 2.78. The number of aromatic amines is 1. The molecule has 0 unspecified atom stereocenters. The van der Waals surface area contributed by atoms with Gasteiger partial charge in [-0.05, 0) is 6.92 Å². The molecule has 20 heavy (non-hydrogen) atoms. The largest absolute Gasteiger partial charge is 0.369 e. The summed E-state index contributed by atoms with van der Waals surface area (Å²) in [5, 5.41) is 17.2. The Kier molecular flexibility index (Phi) is 3.46. The van der Waals surface area contributed by atoms with Crippen molar-refractivity contribution in [2.24, 2.45) is 0 Å². The number of nitrogens with zero attached hydrogens (tertiary/aromatic N) is 4. The number of nitrogens with one attached hydrogen (secondary N) is 3. The summed E-state index contributed by atoms with van der Waals surface area (Å²) in [6.07, 6.45) is 2.60. The summed E-state index contributed by atoms with van der Waals surface area (Å²) >= 11 is 1.68. The number of anilines is 2. The molecule has 3 rings (SSSR count). The summed E-state index contributed by atoms with van der Waals surface area (Å²) in [5.74, 6) is 1.34. The average Bonchev–Trinajstić information content (AvgIpc) is 3.07. The highest BCUT2D eigenvalue weighted by atomic mass is 32.1. The zero-order chi connectivity index (χ0) is 13.9. The highest BCUT2D eigenvalue weighted by molar-refractivity contribution is 7.09.